The lowest BCUT2D eigenvalue weighted by Crippen LogP contribution is -2.12. The lowest BCUT2D eigenvalue weighted by Gasteiger charge is -2.02. The van der Waals surface area contributed by atoms with Crippen LogP contribution in [0.3, 0.4) is 0 Å². The van der Waals surface area contributed by atoms with Crippen LogP contribution in [-0.2, 0) is 0 Å². The number of hydrogen-bond acceptors (Lipinski definition) is 3. The molecule has 1 aromatic carbocycles. The largest absolute Gasteiger partial charge is 0.464 e. The Hall–Kier alpha value is -2.82. The molecule has 0 saturated heterocycles. The Labute approximate surface area is 109 Å². The minimum atomic E-state index is -0.536. The van der Waals surface area contributed by atoms with Crippen molar-refractivity contribution in [2.45, 2.75) is 0 Å². The van der Waals surface area contributed by atoms with Crippen LogP contribution in [-0.4, -0.2) is 15.7 Å². The second-order valence-corrected chi connectivity index (χ2v) is 4.03. The molecule has 0 unspecified atom stereocenters. The monoisotopic (exact) mass is 253 g/mol. The highest BCUT2D eigenvalue weighted by molar-refractivity contribution is 5.90. The van der Waals surface area contributed by atoms with Gasteiger partial charge in [0.05, 0.1) is 12.0 Å². The molecular weight excluding hydrogens is 242 g/mol. The molecule has 0 aliphatic heterocycles. The molecule has 0 aliphatic carbocycles. The van der Waals surface area contributed by atoms with Gasteiger partial charge in [-0.05, 0) is 42.5 Å². The standard InChI is InChI=1S/C14H11N3O2/c15-14(18)12-7-8-17(16-12)11-5-3-10(4-6-11)13-2-1-9-19-13/h1-9H,(H2,15,18). The summed E-state index contributed by atoms with van der Waals surface area (Å²) in [6.07, 6.45) is 3.33. The van der Waals surface area contributed by atoms with Crippen LogP contribution in [0.2, 0.25) is 0 Å². The molecule has 0 bridgehead atoms. The molecule has 2 aromatic heterocycles. The van der Waals surface area contributed by atoms with Crippen molar-refractivity contribution in [3.63, 3.8) is 0 Å². The van der Waals surface area contributed by atoms with Crippen molar-refractivity contribution in [3.05, 3.63) is 60.6 Å². The van der Waals surface area contributed by atoms with Gasteiger partial charge in [-0.1, -0.05) is 0 Å². The van der Waals surface area contributed by atoms with E-state index in [0.717, 1.165) is 17.0 Å². The Kier molecular flexibility index (Phi) is 2.64. The molecular formula is C14H11N3O2. The van der Waals surface area contributed by atoms with Crippen molar-refractivity contribution >= 4 is 5.91 Å². The zero-order valence-electron chi connectivity index (χ0n) is 9.98. The molecule has 0 saturated carbocycles. The molecule has 19 heavy (non-hydrogen) atoms. The molecule has 94 valence electrons. The van der Waals surface area contributed by atoms with E-state index in [1.165, 1.54) is 0 Å². The van der Waals surface area contributed by atoms with Gasteiger partial charge in [0.15, 0.2) is 0 Å². The van der Waals surface area contributed by atoms with Crippen molar-refractivity contribution in [2.24, 2.45) is 5.73 Å². The van der Waals surface area contributed by atoms with E-state index in [0.29, 0.717) is 0 Å². The molecule has 0 aliphatic rings. The highest BCUT2D eigenvalue weighted by Crippen LogP contribution is 2.21. The summed E-state index contributed by atoms with van der Waals surface area (Å²) in [6, 6.07) is 13.0. The lowest BCUT2D eigenvalue weighted by molar-refractivity contribution is 0.0995. The zero-order chi connectivity index (χ0) is 13.2. The topological polar surface area (TPSA) is 74.1 Å². The molecule has 2 N–H and O–H groups in total. The van der Waals surface area contributed by atoms with Crippen LogP contribution in [0.4, 0.5) is 0 Å². The van der Waals surface area contributed by atoms with E-state index in [2.05, 4.69) is 5.10 Å². The van der Waals surface area contributed by atoms with Gasteiger partial charge in [-0.3, -0.25) is 4.79 Å². The van der Waals surface area contributed by atoms with Crippen LogP contribution in [0.5, 0.6) is 0 Å². The first-order valence-electron chi connectivity index (χ1n) is 5.74. The summed E-state index contributed by atoms with van der Waals surface area (Å²) in [5.74, 6) is 0.274. The van der Waals surface area contributed by atoms with E-state index in [9.17, 15) is 4.79 Å². The number of aromatic nitrogens is 2. The molecule has 0 radical (unpaired) electrons. The Balaban J connectivity index is 1.91. The van der Waals surface area contributed by atoms with Crippen molar-refractivity contribution in [3.8, 4) is 17.0 Å². The number of primary amides is 1. The van der Waals surface area contributed by atoms with Gasteiger partial charge in [0, 0.05) is 11.8 Å². The number of hydrogen-bond donors (Lipinski definition) is 1. The first kappa shape index (κ1) is 11.3. The molecule has 3 rings (SSSR count). The number of benzene rings is 1. The number of furan rings is 1. The molecule has 0 atom stereocenters. The van der Waals surface area contributed by atoms with Crippen LogP contribution in [0.25, 0.3) is 17.0 Å². The minimum Gasteiger partial charge on any atom is -0.464 e. The second kappa shape index (κ2) is 4.45. The van der Waals surface area contributed by atoms with Crippen molar-refractivity contribution < 1.29 is 9.21 Å². The molecule has 5 heteroatoms. The number of carbonyl (C=O) groups excluding carboxylic acids is 1. The second-order valence-electron chi connectivity index (χ2n) is 4.03. The third kappa shape index (κ3) is 2.13. The van der Waals surface area contributed by atoms with Crippen molar-refractivity contribution in [1.29, 1.82) is 0 Å². The first-order chi connectivity index (χ1) is 9.24. The Morgan fingerprint density at radius 3 is 2.53 bits per heavy atom. The summed E-state index contributed by atoms with van der Waals surface area (Å²) in [7, 11) is 0. The summed E-state index contributed by atoms with van der Waals surface area (Å²) in [6.45, 7) is 0. The average molecular weight is 253 g/mol. The highest BCUT2D eigenvalue weighted by atomic mass is 16.3. The van der Waals surface area contributed by atoms with E-state index < -0.39 is 5.91 Å². The van der Waals surface area contributed by atoms with Gasteiger partial charge in [-0.15, -0.1) is 0 Å². The van der Waals surface area contributed by atoms with Gasteiger partial charge in [0.2, 0.25) is 0 Å². The Morgan fingerprint density at radius 2 is 1.95 bits per heavy atom. The Bertz CT molecular complexity index is 697. The smallest absolute Gasteiger partial charge is 0.269 e. The molecule has 0 fully saturated rings. The average Bonchev–Trinajstić information content (AvgIpc) is 3.11. The minimum absolute atomic E-state index is 0.245. The Morgan fingerprint density at radius 1 is 1.16 bits per heavy atom. The number of carbonyl (C=O) groups is 1. The predicted octanol–water partition coefficient (Wildman–Crippen LogP) is 2.23. The first-order valence-corrected chi connectivity index (χ1v) is 5.74. The quantitative estimate of drug-likeness (QED) is 0.777. The molecule has 3 aromatic rings. The van der Waals surface area contributed by atoms with Crippen LogP contribution in [0.1, 0.15) is 10.5 Å². The fraction of sp³-hybridized carbons (Fsp3) is 0. The van der Waals surface area contributed by atoms with Crippen LogP contribution in [0, 0.1) is 0 Å². The van der Waals surface area contributed by atoms with E-state index in [1.807, 2.05) is 36.4 Å². The lowest BCUT2D eigenvalue weighted by atomic mass is 10.1. The summed E-state index contributed by atoms with van der Waals surface area (Å²) in [4.78, 5) is 11.0. The maximum Gasteiger partial charge on any atom is 0.269 e. The van der Waals surface area contributed by atoms with E-state index in [4.69, 9.17) is 10.2 Å². The maximum atomic E-state index is 11.0. The normalized spacial score (nSPS) is 10.5. The van der Waals surface area contributed by atoms with Gasteiger partial charge < -0.3 is 10.2 Å². The summed E-state index contributed by atoms with van der Waals surface area (Å²) < 4.78 is 6.92. The predicted molar refractivity (Wildman–Crippen MR) is 69.8 cm³/mol. The van der Waals surface area contributed by atoms with Gasteiger partial charge in [-0.2, -0.15) is 5.10 Å². The van der Waals surface area contributed by atoms with Gasteiger partial charge in [-0.25, -0.2) is 4.68 Å². The highest BCUT2D eigenvalue weighted by Gasteiger charge is 2.06. The fourth-order valence-electron chi connectivity index (χ4n) is 1.82. The molecule has 0 spiro atoms. The van der Waals surface area contributed by atoms with Crippen LogP contribution in [0.15, 0.2) is 59.3 Å². The van der Waals surface area contributed by atoms with Gasteiger partial charge in [0.1, 0.15) is 11.5 Å². The van der Waals surface area contributed by atoms with Crippen LogP contribution >= 0.6 is 0 Å². The zero-order valence-corrected chi connectivity index (χ0v) is 9.98. The summed E-state index contributed by atoms with van der Waals surface area (Å²) >= 11 is 0. The summed E-state index contributed by atoms with van der Waals surface area (Å²) in [5.41, 5.74) is 7.24. The third-order valence-electron chi connectivity index (χ3n) is 2.78. The number of amides is 1. The van der Waals surface area contributed by atoms with E-state index in [1.54, 1.807) is 23.2 Å². The van der Waals surface area contributed by atoms with E-state index >= 15 is 0 Å². The van der Waals surface area contributed by atoms with Crippen molar-refractivity contribution in [2.75, 3.05) is 0 Å². The number of nitrogens with two attached hydrogens (primary N) is 1. The third-order valence-corrected chi connectivity index (χ3v) is 2.78. The number of rotatable bonds is 3. The summed E-state index contributed by atoms with van der Waals surface area (Å²) in [5, 5.41) is 4.09. The fourth-order valence-corrected chi connectivity index (χ4v) is 1.82. The van der Waals surface area contributed by atoms with Crippen molar-refractivity contribution in [1.82, 2.24) is 9.78 Å². The van der Waals surface area contributed by atoms with Gasteiger partial charge in [0.25, 0.3) is 5.91 Å². The molecule has 5 nitrogen and oxygen atoms in total. The SMILES string of the molecule is NC(=O)c1ccn(-c2ccc(-c3ccco3)cc2)n1. The van der Waals surface area contributed by atoms with Crippen LogP contribution < -0.4 is 5.73 Å². The molecule has 2 heterocycles. The maximum absolute atomic E-state index is 11.0. The molecule has 1 amide bonds. The van der Waals surface area contributed by atoms with Gasteiger partial charge >= 0.3 is 0 Å². The number of nitrogens with zero attached hydrogens (tertiary/aromatic N) is 2. The van der Waals surface area contributed by atoms with E-state index in [-0.39, 0.29) is 5.69 Å².